The van der Waals surface area contributed by atoms with Gasteiger partial charge in [0.25, 0.3) is 0 Å². The van der Waals surface area contributed by atoms with Crippen molar-refractivity contribution in [3.8, 4) is 5.75 Å². The van der Waals surface area contributed by atoms with Gasteiger partial charge >= 0.3 is 0 Å². The van der Waals surface area contributed by atoms with Gasteiger partial charge in [0.05, 0.1) is 13.5 Å². The molecule has 1 aliphatic carbocycles. The Morgan fingerprint density at radius 3 is 2.43 bits per heavy atom. The Morgan fingerprint density at radius 1 is 1.13 bits per heavy atom. The highest BCUT2D eigenvalue weighted by Crippen LogP contribution is 2.21. The van der Waals surface area contributed by atoms with E-state index in [-0.39, 0.29) is 30.8 Å². The topological polar surface area (TPSA) is 58.6 Å². The van der Waals surface area contributed by atoms with Gasteiger partial charge in [0, 0.05) is 17.6 Å². The number of ether oxygens (including phenoxy) is 1. The summed E-state index contributed by atoms with van der Waals surface area (Å²) >= 11 is 6.34. The Kier molecular flexibility index (Phi) is 7.75. The molecule has 0 saturated heterocycles. The predicted octanol–water partition coefficient (Wildman–Crippen LogP) is 4.37. The van der Waals surface area contributed by atoms with Crippen molar-refractivity contribution < 1.29 is 14.3 Å². The normalized spacial score (nSPS) is 14.9. The molecular formula is C24H29ClN2O3. The molecule has 2 aromatic rings. The molecule has 0 radical (unpaired) electrons. The first-order valence-electron chi connectivity index (χ1n) is 10.4. The van der Waals surface area contributed by atoms with Crippen molar-refractivity contribution in [2.24, 2.45) is 0 Å². The molecule has 1 atom stereocenters. The first-order valence-corrected chi connectivity index (χ1v) is 10.8. The van der Waals surface area contributed by atoms with E-state index in [1.807, 2.05) is 42.5 Å². The summed E-state index contributed by atoms with van der Waals surface area (Å²) in [5, 5.41) is 3.70. The quantitative estimate of drug-likeness (QED) is 0.679. The maximum atomic E-state index is 13.2. The molecule has 1 N–H and O–H groups in total. The molecule has 3 rings (SSSR count). The number of hydrogen-bond acceptors (Lipinski definition) is 3. The summed E-state index contributed by atoms with van der Waals surface area (Å²) in [5.41, 5.74) is 1.69. The summed E-state index contributed by atoms with van der Waals surface area (Å²) < 4.78 is 5.18. The molecule has 2 amide bonds. The van der Waals surface area contributed by atoms with E-state index in [9.17, 15) is 9.59 Å². The molecule has 1 aliphatic rings. The SMILES string of the molecule is COc1ccc(CC(=O)N(Cc2ccccc2Cl)[C@H](C)C(=O)NC2CCCC2)cc1. The standard InChI is InChI=1S/C24H29ClN2O3/c1-17(24(29)26-20-8-4-5-9-20)27(16-19-7-3-6-10-22(19)25)23(28)15-18-11-13-21(30-2)14-12-18/h3,6-7,10-14,17,20H,4-5,8-9,15-16H2,1-2H3,(H,26,29)/t17-/m1/s1. The highest BCUT2D eigenvalue weighted by Gasteiger charge is 2.28. The summed E-state index contributed by atoms with van der Waals surface area (Å²) in [6, 6.07) is 14.4. The molecule has 0 heterocycles. The summed E-state index contributed by atoms with van der Waals surface area (Å²) in [6.07, 6.45) is 4.49. The fraction of sp³-hybridized carbons (Fsp3) is 0.417. The van der Waals surface area contributed by atoms with E-state index in [4.69, 9.17) is 16.3 Å². The van der Waals surface area contributed by atoms with E-state index in [0.717, 1.165) is 42.6 Å². The number of carbonyl (C=O) groups excluding carboxylic acids is 2. The Balaban J connectivity index is 1.77. The zero-order valence-electron chi connectivity index (χ0n) is 17.6. The second-order valence-electron chi connectivity index (χ2n) is 7.80. The second-order valence-corrected chi connectivity index (χ2v) is 8.21. The van der Waals surface area contributed by atoms with Crippen molar-refractivity contribution >= 4 is 23.4 Å². The van der Waals surface area contributed by atoms with Gasteiger partial charge in [-0.3, -0.25) is 9.59 Å². The van der Waals surface area contributed by atoms with Crippen molar-refractivity contribution in [3.63, 3.8) is 0 Å². The van der Waals surface area contributed by atoms with E-state index < -0.39 is 6.04 Å². The zero-order chi connectivity index (χ0) is 21.5. The van der Waals surface area contributed by atoms with Crippen LogP contribution < -0.4 is 10.1 Å². The maximum absolute atomic E-state index is 13.2. The Labute approximate surface area is 183 Å². The third-order valence-electron chi connectivity index (χ3n) is 5.68. The lowest BCUT2D eigenvalue weighted by Gasteiger charge is -2.30. The van der Waals surface area contributed by atoms with E-state index in [2.05, 4.69) is 5.32 Å². The Morgan fingerprint density at radius 2 is 1.80 bits per heavy atom. The molecule has 1 fully saturated rings. The number of nitrogens with zero attached hydrogens (tertiary/aromatic N) is 1. The van der Waals surface area contributed by atoms with Gasteiger partial charge in [-0.25, -0.2) is 0 Å². The van der Waals surface area contributed by atoms with Crippen LogP contribution in [-0.2, 0) is 22.6 Å². The minimum absolute atomic E-state index is 0.114. The summed E-state index contributed by atoms with van der Waals surface area (Å²) in [4.78, 5) is 27.8. The highest BCUT2D eigenvalue weighted by molar-refractivity contribution is 6.31. The van der Waals surface area contributed by atoms with Crippen molar-refractivity contribution in [2.45, 2.75) is 57.7 Å². The van der Waals surface area contributed by atoms with Gasteiger partial charge in [-0.2, -0.15) is 0 Å². The highest BCUT2D eigenvalue weighted by atomic mass is 35.5. The first kappa shape index (κ1) is 22.2. The Hall–Kier alpha value is -2.53. The zero-order valence-corrected chi connectivity index (χ0v) is 18.3. The van der Waals surface area contributed by atoms with E-state index in [1.165, 1.54) is 0 Å². The van der Waals surface area contributed by atoms with Crippen LogP contribution in [-0.4, -0.2) is 35.9 Å². The Bertz CT molecular complexity index is 863. The number of methoxy groups -OCH3 is 1. The van der Waals surface area contributed by atoms with Crippen LogP contribution in [0.3, 0.4) is 0 Å². The largest absolute Gasteiger partial charge is 0.497 e. The lowest BCUT2D eigenvalue weighted by molar-refractivity contribution is -0.140. The molecule has 30 heavy (non-hydrogen) atoms. The van der Waals surface area contributed by atoms with Crippen molar-refractivity contribution in [3.05, 3.63) is 64.7 Å². The fourth-order valence-electron chi connectivity index (χ4n) is 3.80. The molecule has 1 saturated carbocycles. The average molecular weight is 429 g/mol. The smallest absolute Gasteiger partial charge is 0.242 e. The lowest BCUT2D eigenvalue weighted by Crippen LogP contribution is -2.50. The number of halogens is 1. The summed E-state index contributed by atoms with van der Waals surface area (Å²) in [7, 11) is 1.61. The van der Waals surface area contributed by atoms with Crippen LogP contribution in [0.5, 0.6) is 5.75 Å². The maximum Gasteiger partial charge on any atom is 0.242 e. The summed E-state index contributed by atoms with van der Waals surface area (Å²) in [6.45, 7) is 2.07. The van der Waals surface area contributed by atoms with Gasteiger partial charge in [0.15, 0.2) is 0 Å². The first-order chi connectivity index (χ1) is 14.5. The van der Waals surface area contributed by atoms with Crippen molar-refractivity contribution in [1.29, 1.82) is 0 Å². The number of carbonyl (C=O) groups is 2. The molecule has 0 aliphatic heterocycles. The fourth-order valence-corrected chi connectivity index (χ4v) is 4.00. The predicted molar refractivity (Wildman–Crippen MR) is 119 cm³/mol. The molecule has 0 aromatic heterocycles. The molecule has 0 unspecified atom stereocenters. The molecule has 6 heteroatoms. The van der Waals surface area contributed by atoms with Crippen LogP contribution in [0, 0.1) is 0 Å². The van der Waals surface area contributed by atoms with Crippen LogP contribution in [0.15, 0.2) is 48.5 Å². The van der Waals surface area contributed by atoms with Crippen LogP contribution >= 0.6 is 11.6 Å². The second kappa shape index (κ2) is 10.5. The van der Waals surface area contributed by atoms with Gasteiger partial charge < -0.3 is 15.0 Å². The van der Waals surface area contributed by atoms with Gasteiger partial charge in [0.1, 0.15) is 11.8 Å². The van der Waals surface area contributed by atoms with E-state index >= 15 is 0 Å². The molecule has 5 nitrogen and oxygen atoms in total. The monoisotopic (exact) mass is 428 g/mol. The van der Waals surface area contributed by atoms with Gasteiger partial charge in [0.2, 0.25) is 11.8 Å². The molecule has 160 valence electrons. The van der Waals surface area contributed by atoms with E-state index in [1.54, 1.807) is 25.0 Å². The minimum Gasteiger partial charge on any atom is -0.497 e. The molecule has 0 bridgehead atoms. The van der Waals surface area contributed by atoms with Gasteiger partial charge in [-0.1, -0.05) is 54.8 Å². The van der Waals surface area contributed by atoms with Crippen LogP contribution in [0.4, 0.5) is 0 Å². The summed E-state index contributed by atoms with van der Waals surface area (Å²) in [5.74, 6) is 0.509. The van der Waals surface area contributed by atoms with Crippen molar-refractivity contribution in [2.75, 3.05) is 7.11 Å². The van der Waals surface area contributed by atoms with Crippen LogP contribution in [0.1, 0.15) is 43.7 Å². The number of amides is 2. The van der Waals surface area contributed by atoms with Gasteiger partial charge in [-0.05, 0) is 49.1 Å². The number of hydrogen-bond donors (Lipinski definition) is 1. The van der Waals surface area contributed by atoms with Crippen LogP contribution in [0.25, 0.3) is 0 Å². The number of benzene rings is 2. The van der Waals surface area contributed by atoms with E-state index in [0.29, 0.717) is 5.02 Å². The van der Waals surface area contributed by atoms with Crippen LogP contribution in [0.2, 0.25) is 5.02 Å². The third-order valence-corrected chi connectivity index (χ3v) is 6.05. The molecule has 2 aromatic carbocycles. The average Bonchev–Trinajstić information content (AvgIpc) is 3.26. The molecule has 0 spiro atoms. The van der Waals surface area contributed by atoms with Gasteiger partial charge in [-0.15, -0.1) is 0 Å². The third kappa shape index (κ3) is 5.76. The number of rotatable bonds is 8. The number of nitrogens with one attached hydrogen (secondary N) is 1. The minimum atomic E-state index is -0.590. The molecular weight excluding hydrogens is 400 g/mol. The lowest BCUT2D eigenvalue weighted by atomic mass is 10.1. The van der Waals surface area contributed by atoms with Crippen molar-refractivity contribution in [1.82, 2.24) is 10.2 Å².